The zero-order chi connectivity index (χ0) is 62.4. The highest BCUT2D eigenvalue weighted by atomic mass is 16.7. The van der Waals surface area contributed by atoms with Crippen molar-refractivity contribution in [3.63, 3.8) is 0 Å². The summed E-state index contributed by atoms with van der Waals surface area (Å²) >= 11 is 0. The first-order valence-electron chi connectivity index (χ1n) is 26.8. The number of aliphatic hydroxyl groups excluding tert-OH is 8. The SMILES string of the molecule is CC(=O)N[C@H]1[C@@H](O[C@H](C)[C@H](NC(=O)[C@@H](NC(=O)[C@@H](N)[C@@H](C)O)[C@@H](C)O)C(=O)N[C@H](C(=O)N[C@H](C(=O)N2CCC[C@H]2C(=O)N[C@H](C(=O)N2CCC[C@H]2C(=O)N[C@H](C(=O)NCC(=O)O)[C@@H](C)O)[C@@H](C)O)[C@@H](C)O)C(C)C)O[C@H](CO)[C@H](O)[C@@H]1O. The van der Waals surface area contributed by atoms with Crippen molar-refractivity contribution in [2.45, 2.75) is 210 Å². The first-order valence-corrected chi connectivity index (χ1v) is 26.8. The van der Waals surface area contributed by atoms with Gasteiger partial charge in [0.1, 0.15) is 85.3 Å². The summed E-state index contributed by atoms with van der Waals surface area (Å²) < 4.78 is 11.6. The van der Waals surface area contributed by atoms with Crippen LogP contribution in [0.1, 0.15) is 88.0 Å². The van der Waals surface area contributed by atoms with Gasteiger partial charge in [0.25, 0.3) is 0 Å². The average Bonchev–Trinajstić information content (AvgIpc) is 4.14. The predicted octanol–water partition coefficient (Wildman–Crippen LogP) is -9.69. The van der Waals surface area contributed by atoms with Gasteiger partial charge in [-0.2, -0.15) is 0 Å². The minimum atomic E-state index is -1.97. The van der Waals surface area contributed by atoms with E-state index in [0.717, 1.165) is 30.6 Å². The van der Waals surface area contributed by atoms with E-state index in [9.17, 15) is 93.6 Å². The summed E-state index contributed by atoms with van der Waals surface area (Å²) in [6.45, 7) is 9.09. The molecule has 82 heavy (non-hydrogen) atoms. The summed E-state index contributed by atoms with van der Waals surface area (Å²) in [5.74, 6) is -12.5. The van der Waals surface area contributed by atoms with Crippen molar-refractivity contribution in [1.29, 1.82) is 0 Å². The maximum absolute atomic E-state index is 14.5. The van der Waals surface area contributed by atoms with Crippen LogP contribution in [0.4, 0.5) is 0 Å². The van der Waals surface area contributed by atoms with E-state index in [1.807, 2.05) is 0 Å². The third kappa shape index (κ3) is 18.6. The maximum Gasteiger partial charge on any atom is 0.322 e. The van der Waals surface area contributed by atoms with Gasteiger partial charge in [-0.25, -0.2) is 0 Å². The summed E-state index contributed by atoms with van der Waals surface area (Å²) in [4.78, 5) is 149. The normalized spacial score (nSPS) is 25.6. The van der Waals surface area contributed by atoms with Crippen LogP contribution in [0, 0.1) is 5.92 Å². The van der Waals surface area contributed by atoms with Crippen LogP contribution in [-0.2, 0) is 62.2 Å². The number of nitrogens with two attached hydrogens (primary N) is 1. The number of carboxylic acid groups (broad SMARTS) is 1. The van der Waals surface area contributed by atoms with Crippen LogP contribution < -0.4 is 48.3 Å². The molecular formula is C49H83N11O22. The number of amides is 10. The molecule has 466 valence electrons. The van der Waals surface area contributed by atoms with Crippen molar-refractivity contribution in [2.24, 2.45) is 11.7 Å². The highest BCUT2D eigenvalue weighted by Gasteiger charge is 2.49. The quantitative estimate of drug-likeness (QED) is 0.0346. The average molecular weight is 1180 g/mol. The molecular weight excluding hydrogens is 1090 g/mol. The van der Waals surface area contributed by atoms with Gasteiger partial charge < -0.3 is 114 Å². The fourth-order valence-electron chi connectivity index (χ4n) is 9.33. The molecule has 3 fully saturated rings. The fourth-order valence-corrected chi connectivity index (χ4v) is 9.33. The van der Waals surface area contributed by atoms with Crippen LogP contribution in [0.15, 0.2) is 0 Å². The van der Waals surface area contributed by atoms with Crippen LogP contribution in [0.2, 0.25) is 0 Å². The Morgan fingerprint density at radius 3 is 1.43 bits per heavy atom. The lowest BCUT2D eigenvalue weighted by molar-refractivity contribution is -0.281. The molecule has 0 aromatic carbocycles. The van der Waals surface area contributed by atoms with Crippen LogP contribution >= 0.6 is 0 Å². The molecule has 3 saturated heterocycles. The Labute approximate surface area is 472 Å². The number of likely N-dealkylation sites (tertiary alicyclic amines) is 2. The van der Waals surface area contributed by atoms with Gasteiger partial charge in [0.15, 0.2) is 6.29 Å². The molecule has 10 amide bonds. The summed E-state index contributed by atoms with van der Waals surface area (Å²) in [5.41, 5.74) is 5.73. The molecule has 20 atom stereocenters. The molecule has 0 radical (unpaired) electrons. The molecule has 3 aliphatic heterocycles. The highest BCUT2D eigenvalue weighted by Crippen LogP contribution is 2.26. The Bertz CT molecular complexity index is 2270. The maximum atomic E-state index is 14.5. The lowest BCUT2D eigenvalue weighted by atomic mass is 9.96. The van der Waals surface area contributed by atoms with E-state index in [-0.39, 0.29) is 38.8 Å². The number of rotatable bonds is 28. The summed E-state index contributed by atoms with van der Waals surface area (Å²) in [7, 11) is 0. The Morgan fingerprint density at radius 2 is 0.988 bits per heavy atom. The lowest BCUT2D eigenvalue weighted by Gasteiger charge is -2.43. The number of aliphatic hydroxyl groups is 8. The lowest BCUT2D eigenvalue weighted by Crippen LogP contribution is -2.67. The monoisotopic (exact) mass is 1180 g/mol. The number of carboxylic acids is 1. The van der Waals surface area contributed by atoms with Gasteiger partial charge in [-0.05, 0) is 73.1 Å². The minimum Gasteiger partial charge on any atom is -0.480 e. The van der Waals surface area contributed by atoms with E-state index in [0.29, 0.717) is 0 Å². The molecule has 0 spiro atoms. The van der Waals surface area contributed by atoms with Crippen molar-refractivity contribution >= 4 is 65.0 Å². The Morgan fingerprint density at radius 1 is 0.573 bits per heavy atom. The van der Waals surface area contributed by atoms with Gasteiger partial charge in [-0.3, -0.25) is 52.7 Å². The Kier molecular flexibility index (Phi) is 26.8. The number of aliphatic carboxylic acids is 1. The van der Waals surface area contributed by atoms with E-state index in [1.165, 1.54) is 41.5 Å². The Hall–Kier alpha value is -6.27. The largest absolute Gasteiger partial charge is 0.480 e. The van der Waals surface area contributed by atoms with Gasteiger partial charge in [-0.1, -0.05) is 13.8 Å². The van der Waals surface area contributed by atoms with Gasteiger partial charge in [0.05, 0.1) is 43.2 Å². The number of nitrogens with zero attached hydrogens (tertiary/aromatic N) is 2. The first-order chi connectivity index (χ1) is 38.2. The zero-order valence-electron chi connectivity index (χ0n) is 47.1. The van der Waals surface area contributed by atoms with E-state index >= 15 is 0 Å². The molecule has 3 rings (SSSR count). The number of carbonyl (C=O) groups is 11. The highest BCUT2D eigenvalue weighted by molar-refractivity contribution is 5.99. The number of carbonyl (C=O) groups excluding carboxylic acids is 10. The topological polar surface area (TPSA) is 517 Å². The second-order valence-electron chi connectivity index (χ2n) is 21.2. The molecule has 0 aliphatic carbocycles. The molecule has 19 N–H and O–H groups in total. The van der Waals surface area contributed by atoms with Crippen LogP contribution in [0.5, 0.6) is 0 Å². The van der Waals surface area contributed by atoms with E-state index in [2.05, 4.69) is 42.5 Å². The Balaban J connectivity index is 1.90. The molecule has 0 unspecified atom stereocenters. The zero-order valence-corrected chi connectivity index (χ0v) is 47.1. The molecule has 0 bridgehead atoms. The van der Waals surface area contributed by atoms with Gasteiger partial charge in [0, 0.05) is 20.0 Å². The van der Waals surface area contributed by atoms with Crippen LogP contribution in [0.25, 0.3) is 0 Å². The molecule has 3 aliphatic rings. The van der Waals surface area contributed by atoms with Crippen LogP contribution in [0.3, 0.4) is 0 Å². The minimum absolute atomic E-state index is 0.0131. The molecule has 0 aromatic rings. The smallest absolute Gasteiger partial charge is 0.322 e. The first kappa shape index (κ1) is 70.0. The second kappa shape index (κ2) is 31.4. The summed E-state index contributed by atoms with van der Waals surface area (Å²) in [5, 5.41) is 111. The van der Waals surface area contributed by atoms with Gasteiger partial charge >= 0.3 is 5.97 Å². The van der Waals surface area contributed by atoms with Crippen LogP contribution in [-0.4, -0.2) is 269 Å². The van der Waals surface area contributed by atoms with E-state index in [1.54, 1.807) is 0 Å². The molecule has 0 aromatic heterocycles. The van der Waals surface area contributed by atoms with Crippen molar-refractivity contribution < 1.29 is 108 Å². The van der Waals surface area contributed by atoms with Gasteiger partial charge in [0.2, 0.25) is 59.1 Å². The number of ether oxygens (including phenoxy) is 2. The van der Waals surface area contributed by atoms with E-state index in [4.69, 9.17) is 20.3 Å². The third-order valence-corrected chi connectivity index (χ3v) is 14.0. The summed E-state index contributed by atoms with van der Waals surface area (Å²) in [6.07, 6.45) is -15.9. The second-order valence-corrected chi connectivity index (χ2v) is 21.2. The number of hydrogen-bond donors (Lipinski definition) is 18. The number of hydrogen-bond acceptors (Lipinski definition) is 22. The molecule has 33 heteroatoms. The van der Waals surface area contributed by atoms with Crippen molar-refractivity contribution in [3.05, 3.63) is 0 Å². The predicted molar refractivity (Wildman–Crippen MR) is 279 cm³/mol. The standard InChI is InChI=1S/C49H83N11O22/c1-18(2)31(53-46(78)36(58-45(77)33(21(5)64)55-42(74)30(50)19(3)62)24(8)81-49-37(52-25(9)67)39(71)38(70)28(17-61)82-49)44(76)57-35(23(7)66)48(80)60-15-11-13-27(60)41(73)56-34(22(6)65)47(79)59-14-10-12-26(59)40(72)54-32(20(4)63)43(75)51-16-29(68)69/h18-24,26-28,30-39,49,61-66,70-71H,10-17,50H2,1-9H3,(H,51,75)(H,52,67)(H,53,78)(H,54,72)(H,55,74)(H,56,73)(H,57,76)(H,58,77)(H,68,69)/t19-,20-,21-,22-,23-,24-,26+,27+,28-,30+,31+,32+,33+,34+,35+,36+,37-,38+,39-,49+/m1/s1. The summed E-state index contributed by atoms with van der Waals surface area (Å²) in [6, 6.07) is -16.4. The van der Waals surface area contributed by atoms with Crippen molar-refractivity contribution in [2.75, 3.05) is 26.2 Å². The van der Waals surface area contributed by atoms with Gasteiger partial charge in [-0.15, -0.1) is 0 Å². The van der Waals surface area contributed by atoms with Crippen molar-refractivity contribution in [1.82, 2.24) is 52.3 Å². The number of nitrogens with one attached hydrogen (secondary N) is 8. The fraction of sp³-hybridized carbons (Fsp3) is 0.776. The molecule has 3 heterocycles. The molecule has 33 nitrogen and oxygen atoms in total. The molecule has 0 saturated carbocycles. The third-order valence-electron chi connectivity index (χ3n) is 14.0. The van der Waals surface area contributed by atoms with E-state index < -0.39 is 206 Å². The van der Waals surface area contributed by atoms with Crippen molar-refractivity contribution in [3.8, 4) is 0 Å².